The van der Waals surface area contributed by atoms with Crippen LogP contribution in [0.15, 0.2) is 42.5 Å². The van der Waals surface area contributed by atoms with E-state index < -0.39 is 0 Å². The van der Waals surface area contributed by atoms with Crippen molar-refractivity contribution in [3.8, 4) is 5.75 Å². The third-order valence-electron chi connectivity index (χ3n) is 5.95. The molecule has 0 bridgehead atoms. The molecule has 0 saturated carbocycles. The van der Waals surface area contributed by atoms with E-state index in [1.165, 1.54) is 19.3 Å². The van der Waals surface area contributed by atoms with Crippen molar-refractivity contribution in [2.24, 2.45) is 5.92 Å². The molecule has 0 unspecified atom stereocenters. The summed E-state index contributed by atoms with van der Waals surface area (Å²) in [5.74, 6) is 2.30. The molecule has 0 atom stereocenters. The molecule has 0 spiro atoms. The van der Waals surface area contributed by atoms with Crippen LogP contribution in [0.5, 0.6) is 5.75 Å². The van der Waals surface area contributed by atoms with Crippen LogP contribution < -0.4 is 15.4 Å². The zero-order chi connectivity index (χ0) is 21.6. The Bertz CT molecular complexity index is 1030. The molecule has 1 saturated heterocycles. The first kappa shape index (κ1) is 21.7. The highest BCUT2D eigenvalue weighted by molar-refractivity contribution is 6.30. The molecule has 2 heterocycles. The van der Waals surface area contributed by atoms with Crippen molar-refractivity contribution in [2.75, 3.05) is 20.1 Å². The van der Waals surface area contributed by atoms with Crippen molar-refractivity contribution in [1.29, 1.82) is 0 Å². The summed E-state index contributed by atoms with van der Waals surface area (Å²) in [6, 6.07) is 13.0. The van der Waals surface area contributed by atoms with Gasteiger partial charge >= 0.3 is 0 Å². The average Bonchev–Trinajstić information content (AvgIpc) is 3.15. The number of nitrogens with one attached hydrogen (secondary N) is 2. The fourth-order valence-corrected chi connectivity index (χ4v) is 4.34. The molecule has 31 heavy (non-hydrogen) atoms. The van der Waals surface area contributed by atoms with Gasteiger partial charge in [0.25, 0.3) is 5.91 Å². The summed E-state index contributed by atoms with van der Waals surface area (Å²) >= 11 is 5.97. The Morgan fingerprint density at radius 2 is 2.00 bits per heavy atom. The molecule has 1 aliphatic rings. The Kier molecular flexibility index (Phi) is 7.10. The minimum Gasteiger partial charge on any atom is -0.486 e. The number of aryl methyl sites for hydroxylation is 1. The average molecular weight is 441 g/mol. The number of carbonyl (C=O) groups excluding carboxylic acids is 1. The van der Waals surface area contributed by atoms with Crippen LogP contribution in [0.25, 0.3) is 11.0 Å². The molecule has 1 fully saturated rings. The van der Waals surface area contributed by atoms with Gasteiger partial charge in [-0.3, -0.25) is 4.79 Å². The zero-order valence-electron chi connectivity index (χ0n) is 17.9. The number of ether oxygens (including phenoxy) is 1. The Morgan fingerprint density at radius 3 is 2.74 bits per heavy atom. The van der Waals surface area contributed by atoms with Crippen molar-refractivity contribution in [2.45, 2.75) is 38.8 Å². The normalized spacial score (nSPS) is 14.6. The van der Waals surface area contributed by atoms with Gasteiger partial charge in [0.2, 0.25) is 0 Å². The second kappa shape index (κ2) is 10.2. The van der Waals surface area contributed by atoms with Crippen LogP contribution in [-0.2, 0) is 13.2 Å². The Balaban J connectivity index is 1.54. The van der Waals surface area contributed by atoms with Gasteiger partial charge in [-0.2, -0.15) is 0 Å². The molecule has 1 aliphatic heterocycles. The molecule has 3 aromatic rings. The minimum absolute atomic E-state index is 0.110. The van der Waals surface area contributed by atoms with E-state index in [2.05, 4.69) is 15.2 Å². The van der Waals surface area contributed by atoms with Crippen LogP contribution in [0.1, 0.15) is 41.9 Å². The fourth-order valence-electron chi connectivity index (χ4n) is 4.21. The summed E-state index contributed by atoms with van der Waals surface area (Å²) in [6.07, 6.45) is 4.83. The standard InChI is InChI=1S/C24H29ClN4O2/c1-26-24(30)18-4-9-22-21(15-18)28-23(16-31-20-7-5-19(25)6-8-20)29(22)14-2-3-17-10-12-27-13-11-17/h4-9,15,17,27H,2-3,10-14,16H2,1H3,(H,26,30). The molecule has 0 radical (unpaired) electrons. The summed E-state index contributed by atoms with van der Waals surface area (Å²) in [5, 5.41) is 6.79. The number of piperidine rings is 1. The first-order valence-electron chi connectivity index (χ1n) is 10.9. The van der Waals surface area contributed by atoms with Crippen LogP contribution in [0.4, 0.5) is 0 Å². The summed E-state index contributed by atoms with van der Waals surface area (Å²) in [5.41, 5.74) is 2.46. The van der Waals surface area contributed by atoms with E-state index >= 15 is 0 Å². The minimum atomic E-state index is -0.110. The van der Waals surface area contributed by atoms with E-state index in [4.69, 9.17) is 21.3 Å². The number of amides is 1. The lowest BCUT2D eigenvalue weighted by molar-refractivity contribution is 0.0963. The van der Waals surface area contributed by atoms with E-state index in [0.29, 0.717) is 17.2 Å². The number of hydrogen-bond donors (Lipinski definition) is 2. The zero-order valence-corrected chi connectivity index (χ0v) is 18.6. The van der Waals surface area contributed by atoms with Gasteiger partial charge in [0.1, 0.15) is 18.2 Å². The van der Waals surface area contributed by atoms with Crippen molar-refractivity contribution in [1.82, 2.24) is 20.2 Å². The number of carbonyl (C=O) groups is 1. The first-order valence-corrected chi connectivity index (χ1v) is 11.3. The van der Waals surface area contributed by atoms with Crippen molar-refractivity contribution >= 4 is 28.5 Å². The number of imidazole rings is 1. The van der Waals surface area contributed by atoms with Gasteiger partial charge in [0.15, 0.2) is 0 Å². The summed E-state index contributed by atoms with van der Waals surface area (Å²) in [4.78, 5) is 16.9. The maximum absolute atomic E-state index is 12.0. The number of halogens is 1. The van der Waals surface area contributed by atoms with Crippen LogP contribution in [0.2, 0.25) is 5.02 Å². The van der Waals surface area contributed by atoms with Gasteiger partial charge < -0.3 is 19.9 Å². The maximum atomic E-state index is 12.0. The number of fused-ring (bicyclic) bond motifs is 1. The predicted octanol–water partition coefficient (Wildman–Crippen LogP) is 4.41. The maximum Gasteiger partial charge on any atom is 0.251 e. The number of aromatic nitrogens is 2. The Hall–Kier alpha value is -2.57. The van der Waals surface area contributed by atoms with Gasteiger partial charge in [-0.05, 0) is 87.2 Å². The van der Waals surface area contributed by atoms with Gasteiger partial charge in [-0.25, -0.2) is 4.98 Å². The molecule has 4 rings (SSSR count). The Labute approximate surface area is 187 Å². The molecule has 7 heteroatoms. The van der Waals surface area contributed by atoms with E-state index in [1.54, 1.807) is 7.05 Å². The van der Waals surface area contributed by atoms with Gasteiger partial charge in [0.05, 0.1) is 11.0 Å². The number of benzene rings is 2. The number of nitrogens with zero attached hydrogens (tertiary/aromatic N) is 2. The molecular formula is C24H29ClN4O2. The molecule has 164 valence electrons. The third-order valence-corrected chi connectivity index (χ3v) is 6.20. The molecule has 2 N–H and O–H groups in total. The number of hydrogen-bond acceptors (Lipinski definition) is 4. The van der Waals surface area contributed by atoms with Gasteiger partial charge in [-0.1, -0.05) is 11.6 Å². The van der Waals surface area contributed by atoms with Crippen molar-refractivity contribution in [3.63, 3.8) is 0 Å². The molecule has 0 aliphatic carbocycles. The molecule has 1 aromatic heterocycles. The fraction of sp³-hybridized carbons (Fsp3) is 0.417. The van der Waals surface area contributed by atoms with Crippen LogP contribution >= 0.6 is 11.6 Å². The lowest BCUT2D eigenvalue weighted by Crippen LogP contribution is -2.27. The SMILES string of the molecule is CNC(=O)c1ccc2c(c1)nc(COc1ccc(Cl)cc1)n2CCCC1CCNCC1. The summed E-state index contributed by atoms with van der Waals surface area (Å²) < 4.78 is 8.22. The lowest BCUT2D eigenvalue weighted by atomic mass is 9.93. The largest absolute Gasteiger partial charge is 0.486 e. The van der Waals surface area contributed by atoms with Gasteiger partial charge in [-0.15, -0.1) is 0 Å². The van der Waals surface area contributed by atoms with Crippen LogP contribution in [0.3, 0.4) is 0 Å². The highest BCUT2D eigenvalue weighted by Gasteiger charge is 2.16. The third kappa shape index (κ3) is 5.38. The quantitative estimate of drug-likeness (QED) is 0.544. The lowest BCUT2D eigenvalue weighted by Gasteiger charge is -2.22. The van der Waals surface area contributed by atoms with E-state index in [9.17, 15) is 4.79 Å². The van der Waals surface area contributed by atoms with E-state index in [0.717, 1.165) is 54.6 Å². The van der Waals surface area contributed by atoms with E-state index in [1.807, 2.05) is 42.5 Å². The topological polar surface area (TPSA) is 68.2 Å². The van der Waals surface area contributed by atoms with Crippen LogP contribution in [0, 0.1) is 5.92 Å². The molecule has 6 nitrogen and oxygen atoms in total. The molecule has 2 aromatic carbocycles. The van der Waals surface area contributed by atoms with Crippen molar-refractivity contribution < 1.29 is 9.53 Å². The highest BCUT2D eigenvalue weighted by atomic mass is 35.5. The second-order valence-corrected chi connectivity index (χ2v) is 8.48. The summed E-state index contributed by atoms with van der Waals surface area (Å²) in [7, 11) is 1.64. The second-order valence-electron chi connectivity index (χ2n) is 8.04. The highest BCUT2D eigenvalue weighted by Crippen LogP contribution is 2.23. The summed E-state index contributed by atoms with van der Waals surface area (Å²) in [6.45, 7) is 3.50. The smallest absolute Gasteiger partial charge is 0.251 e. The predicted molar refractivity (Wildman–Crippen MR) is 124 cm³/mol. The van der Waals surface area contributed by atoms with Crippen molar-refractivity contribution in [3.05, 3.63) is 58.9 Å². The van der Waals surface area contributed by atoms with Crippen LogP contribution in [-0.4, -0.2) is 35.6 Å². The Morgan fingerprint density at radius 1 is 1.23 bits per heavy atom. The molecular weight excluding hydrogens is 412 g/mol. The molecule has 1 amide bonds. The van der Waals surface area contributed by atoms with Gasteiger partial charge in [0, 0.05) is 24.2 Å². The first-order chi connectivity index (χ1) is 15.1. The van der Waals surface area contributed by atoms with E-state index in [-0.39, 0.29) is 5.91 Å². The number of rotatable bonds is 8. The monoisotopic (exact) mass is 440 g/mol.